The maximum Gasteiger partial charge on any atom is 0.158 e. The van der Waals surface area contributed by atoms with Crippen molar-refractivity contribution in [2.75, 3.05) is 5.43 Å². The Morgan fingerprint density at radius 1 is 1.17 bits per heavy atom. The zero-order valence-corrected chi connectivity index (χ0v) is 14.8. The molecule has 1 aromatic carbocycles. The van der Waals surface area contributed by atoms with Crippen molar-refractivity contribution < 1.29 is 0 Å². The summed E-state index contributed by atoms with van der Waals surface area (Å²) in [4.78, 5) is 11.4. The highest BCUT2D eigenvalue weighted by Crippen LogP contribution is 2.38. The van der Waals surface area contributed by atoms with E-state index in [2.05, 4.69) is 36.4 Å². The van der Waals surface area contributed by atoms with Gasteiger partial charge in [-0.05, 0) is 37.3 Å². The fraction of sp³-hybridized carbons (Fsp3) is 0.235. The van der Waals surface area contributed by atoms with Gasteiger partial charge < -0.3 is 0 Å². The predicted molar refractivity (Wildman–Crippen MR) is 99.4 cm³/mol. The van der Waals surface area contributed by atoms with Crippen molar-refractivity contribution in [3.63, 3.8) is 0 Å². The number of thiophene rings is 1. The number of hydrazone groups is 1. The second-order valence-corrected chi connectivity index (χ2v) is 7.44. The summed E-state index contributed by atoms with van der Waals surface area (Å²) in [6.07, 6.45) is 8.21. The number of aryl methyl sites for hydroxylation is 2. The van der Waals surface area contributed by atoms with Crippen LogP contribution in [0.25, 0.3) is 10.2 Å². The predicted octanol–water partition coefficient (Wildman–Crippen LogP) is 4.78. The molecule has 0 saturated carbocycles. The summed E-state index contributed by atoms with van der Waals surface area (Å²) >= 11 is 5.32. The normalized spacial score (nSPS) is 14.3. The van der Waals surface area contributed by atoms with Crippen LogP contribution >= 0.6 is 27.3 Å². The molecule has 1 aliphatic rings. The molecule has 0 radical (unpaired) electrons. The first-order chi connectivity index (χ1) is 11.3. The van der Waals surface area contributed by atoms with E-state index in [1.165, 1.54) is 23.3 Å². The quantitative estimate of drug-likeness (QED) is 0.520. The van der Waals surface area contributed by atoms with Gasteiger partial charge in [0.2, 0.25) is 0 Å². The van der Waals surface area contributed by atoms with Gasteiger partial charge in [-0.15, -0.1) is 11.3 Å². The van der Waals surface area contributed by atoms with Gasteiger partial charge in [0.05, 0.1) is 11.6 Å². The summed E-state index contributed by atoms with van der Waals surface area (Å²) in [5.41, 5.74) is 5.54. The molecule has 0 fully saturated rings. The molecule has 4 nitrogen and oxygen atoms in total. The van der Waals surface area contributed by atoms with E-state index in [4.69, 9.17) is 0 Å². The second kappa shape index (κ2) is 6.37. The smallest absolute Gasteiger partial charge is 0.158 e. The van der Waals surface area contributed by atoms with Crippen LogP contribution < -0.4 is 5.43 Å². The lowest BCUT2D eigenvalue weighted by atomic mass is 9.97. The van der Waals surface area contributed by atoms with Gasteiger partial charge in [-0.1, -0.05) is 34.1 Å². The summed E-state index contributed by atoms with van der Waals surface area (Å²) < 4.78 is 1.02. The molecule has 0 amide bonds. The Morgan fingerprint density at radius 3 is 2.96 bits per heavy atom. The first-order valence-corrected chi connectivity index (χ1v) is 9.23. The molecule has 0 unspecified atom stereocenters. The van der Waals surface area contributed by atoms with E-state index in [1.807, 2.05) is 24.3 Å². The number of benzene rings is 1. The average molecular weight is 387 g/mol. The Balaban J connectivity index is 1.67. The van der Waals surface area contributed by atoms with Gasteiger partial charge >= 0.3 is 0 Å². The Labute approximate surface area is 146 Å². The molecule has 2 aromatic heterocycles. The van der Waals surface area contributed by atoms with Gasteiger partial charge in [0, 0.05) is 14.9 Å². The molecule has 4 rings (SSSR count). The fourth-order valence-electron chi connectivity index (χ4n) is 2.92. The maximum atomic E-state index is 4.44. The van der Waals surface area contributed by atoms with Gasteiger partial charge in [-0.25, -0.2) is 9.97 Å². The monoisotopic (exact) mass is 386 g/mol. The topological polar surface area (TPSA) is 50.2 Å². The molecule has 116 valence electrons. The van der Waals surface area contributed by atoms with Gasteiger partial charge in [0.25, 0.3) is 0 Å². The summed E-state index contributed by atoms with van der Waals surface area (Å²) in [7, 11) is 0. The SMILES string of the molecule is Brc1ccccc1C=NNc1ncnc2sc3c(c12)CCCC3. The lowest BCUT2D eigenvalue weighted by Crippen LogP contribution is -2.01. The molecule has 0 atom stereocenters. The molecule has 1 aliphatic carbocycles. The van der Waals surface area contributed by atoms with E-state index >= 15 is 0 Å². The molecule has 0 saturated heterocycles. The van der Waals surface area contributed by atoms with Crippen LogP contribution in [0, 0.1) is 0 Å². The minimum absolute atomic E-state index is 0.803. The minimum Gasteiger partial charge on any atom is -0.261 e. The molecule has 6 heteroatoms. The number of nitrogens with one attached hydrogen (secondary N) is 1. The van der Waals surface area contributed by atoms with Gasteiger partial charge in [0.15, 0.2) is 5.82 Å². The number of hydrogen-bond acceptors (Lipinski definition) is 5. The number of halogens is 1. The Hall–Kier alpha value is -1.79. The summed E-state index contributed by atoms with van der Waals surface area (Å²) in [6, 6.07) is 7.99. The minimum atomic E-state index is 0.803. The average Bonchev–Trinajstić information content (AvgIpc) is 2.96. The van der Waals surface area contributed by atoms with E-state index in [9.17, 15) is 0 Å². The molecule has 23 heavy (non-hydrogen) atoms. The molecule has 0 aliphatic heterocycles. The highest BCUT2D eigenvalue weighted by molar-refractivity contribution is 9.10. The molecular weight excluding hydrogens is 372 g/mol. The van der Waals surface area contributed by atoms with Crippen LogP contribution in [0.5, 0.6) is 0 Å². The molecular formula is C17H15BrN4S. The summed E-state index contributed by atoms with van der Waals surface area (Å²) in [5, 5.41) is 5.51. The summed E-state index contributed by atoms with van der Waals surface area (Å²) in [5.74, 6) is 0.803. The molecule has 3 aromatic rings. The lowest BCUT2D eigenvalue weighted by Gasteiger charge is -2.11. The summed E-state index contributed by atoms with van der Waals surface area (Å²) in [6.45, 7) is 0. The highest BCUT2D eigenvalue weighted by Gasteiger charge is 2.19. The second-order valence-electron chi connectivity index (χ2n) is 5.50. The zero-order chi connectivity index (χ0) is 15.6. The Morgan fingerprint density at radius 2 is 2.04 bits per heavy atom. The zero-order valence-electron chi connectivity index (χ0n) is 12.4. The first kappa shape index (κ1) is 14.8. The largest absolute Gasteiger partial charge is 0.261 e. The number of hydrogen-bond donors (Lipinski definition) is 1. The van der Waals surface area contributed by atoms with E-state index in [1.54, 1.807) is 23.9 Å². The maximum absolute atomic E-state index is 4.44. The fourth-order valence-corrected chi connectivity index (χ4v) is 4.53. The molecule has 0 spiro atoms. The van der Waals surface area contributed by atoms with E-state index < -0.39 is 0 Å². The van der Waals surface area contributed by atoms with Crippen molar-refractivity contribution in [3.05, 3.63) is 51.1 Å². The third-order valence-electron chi connectivity index (χ3n) is 4.03. The van der Waals surface area contributed by atoms with E-state index in [-0.39, 0.29) is 0 Å². The third kappa shape index (κ3) is 2.88. The van der Waals surface area contributed by atoms with Crippen LogP contribution in [0.4, 0.5) is 5.82 Å². The molecule has 2 heterocycles. The van der Waals surface area contributed by atoms with E-state index in [0.29, 0.717) is 0 Å². The van der Waals surface area contributed by atoms with Crippen molar-refractivity contribution >= 4 is 49.5 Å². The number of rotatable bonds is 3. The van der Waals surface area contributed by atoms with Crippen LogP contribution in [-0.4, -0.2) is 16.2 Å². The van der Waals surface area contributed by atoms with Gasteiger partial charge in [-0.2, -0.15) is 5.10 Å². The van der Waals surface area contributed by atoms with Crippen LogP contribution in [0.15, 0.2) is 40.2 Å². The Bertz CT molecular complexity index is 887. The number of nitrogens with zero attached hydrogens (tertiary/aromatic N) is 3. The lowest BCUT2D eigenvalue weighted by molar-refractivity contribution is 0.700. The van der Waals surface area contributed by atoms with Crippen molar-refractivity contribution in [2.45, 2.75) is 25.7 Å². The molecule has 1 N–H and O–H groups in total. The number of aromatic nitrogens is 2. The standard InChI is InChI=1S/C17H15BrN4S/c18-13-7-3-1-5-11(13)9-21-22-16-15-12-6-2-4-8-14(12)23-17(15)20-10-19-16/h1,3,5,7,9-10H,2,4,6,8H2,(H,19,20,22). The molecule has 0 bridgehead atoms. The van der Waals surface area contributed by atoms with Crippen LogP contribution in [0.2, 0.25) is 0 Å². The van der Waals surface area contributed by atoms with Crippen LogP contribution in [0.3, 0.4) is 0 Å². The van der Waals surface area contributed by atoms with Crippen molar-refractivity contribution in [3.8, 4) is 0 Å². The van der Waals surface area contributed by atoms with Gasteiger partial charge in [-0.3, -0.25) is 5.43 Å². The van der Waals surface area contributed by atoms with Crippen LogP contribution in [-0.2, 0) is 12.8 Å². The first-order valence-electron chi connectivity index (χ1n) is 7.62. The highest BCUT2D eigenvalue weighted by atomic mass is 79.9. The number of fused-ring (bicyclic) bond motifs is 3. The van der Waals surface area contributed by atoms with E-state index in [0.717, 1.165) is 38.9 Å². The van der Waals surface area contributed by atoms with Crippen molar-refractivity contribution in [2.24, 2.45) is 5.10 Å². The van der Waals surface area contributed by atoms with Crippen molar-refractivity contribution in [1.82, 2.24) is 9.97 Å². The number of anilines is 1. The van der Waals surface area contributed by atoms with Crippen LogP contribution in [0.1, 0.15) is 28.8 Å². The van der Waals surface area contributed by atoms with Gasteiger partial charge in [0.1, 0.15) is 11.2 Å². The third-order valence-corrected chi connectivity index (χ3v) is 5.95. The Kier molecular flexibility index (Phi) is 4.10. The van der Waals surface area contributed by atoms with Crippen molar-refractivity contribution in [1.29, 1.82) is 0 Å².